The number of rotatable bonds is 8. The molecule has 124 valence electrons. The van der Waals surface area contributed by atoms with Gasteiger partial charge in [-0.2, -0.15) is 0 Å². The lowest BCUT2D eigenvalue weighted by atomic mass is 10.2. The van der Waals surface area contributed by atoms with Gasteiger partial charge < -0.3 is 0 Å². The smallest absolute Gasteiger partial charge is 0.0967 e. The van der Waals surface area contributed by atoms with E-state index < -0.39 is 0 Å². The summed E-state index contributed by atoms with van der Waals surface area (Å²) in [5.74, 6) is 0. The first-order valence-corrected chi connectivity index (χ1v) is 8.24. The summed E-state index contributed by atoms with van der Waals surface area (Å²) in [6.45, 7) is 5.25. The first kappa shape index (κ1) is 16.3. The van der Waals surface area contributed by atoms with E-state index in [4.69, 9.17) is 0 Å². The Morgan fingerprint density at radius 3 is 2.04 bits per heavy atom. The van der Waals surface area contributed by atoms with Gasteiger partial charge in [0.2, 0.25) is 0 Å². The Kier molecular flexibility index (Phi) is 5.63. The summed E-state index contributed by atoms with van der Waals surface area (Å²) in [4.78, 5) is 11.1. The zero-order valence-electron chi connectivity index (χ0n) is 13.9. The predicted octanol–water partition coefficient (Wildman–Crippen LogP) is 2.68. The molecule has 0 aromatic carbocycles. The fourth-order valence-corrected chi connectivity index (χ4v) is 2.59. The molecule has 0 unspecified atom stereocenters. The lowest BCUT2D eigenvalue weighted by Crippen LogP contribution is -2.23. The third-order valence-corrected chi connectivity index (χ3v) is 3.65. The van der Waals surface area contributed by atoms with Crippen LogP contribution in [-0.2, 0) is 26.2 Å². The Labute approximate surface area is 142 Å². The van der Waals surface area contributed by atoms with Crippen molar-refractivity contribution in [2.75, 3.05) is 0 Å². The third kappa shape index (κ3) is 4.70. The number of aromatic nitrogens is 5. The summed E-state index contributed by atoms with van der Waals surface area (Å²) in [7, 11) is 0. The quantitative estimate of drug-likeness (QED) is 0.638. The van der Waals surface area contributed by atoms with Crippen molar-refractivity contribution in [1.82, 2.24) is 29.9 Å². The van der Waals surface area contributed by atoms with Crippen LogP contribution in [0.4, 0.5) is 0 Å². The van der Waals surface area contributed by atoms with Gasteiger partial charge in [-0.25, -0.2) is 0 Å². The molecule has 0 saturated carbocycles. The van der Waals surface area contributed by atoms with E-state index in [2.05, 4.69) is 32.1 Å². The van der Waals surface area contributed by atoms with Gasteiger partial charge >= 0.3 is 0 Å². The molecule has 3 aromatic rings. The Bertz CT molecular complexity index is 684. The number of hydrogen-bond acceptors (Lipinski definition) is 5. The summed E-state index contributed by atoms with van der Waals surface area (Å²) in [6.07, 6.45) is 6.72. The second-order valence-corrected chi connectivity index (χ2v) is 5.76. The van der Waals surface area contributed by atoms with E-state index in [0.717, 1.165) is 49.7 Å². The average molecular weight is 322 g/mol. The average Bonchev–Trinajstić information content (AvgIpc) is 3.04. The highest BCUT2D eigenvalue weighted by atomic mass is 15.4. The van der Waals surface area contributed by atoms with Crippen LogP contribution in [0.1, 0.15) is 30.4 Å². The molecule has 0 bridgehead atoms. The van der Waals surface area contributed by atoms with Crippen LogP contribution in [0.5, 0.6) is 0 Å². The van der Waals surface area contributed by atoms with Gasteiger partial charge in [-0.05, 0) is 30.7 Å². The second kappa shape index (κ2) is 8.31. The SMILES string of the molecule is CCCn1cc(CN(Cc2ccccn2)Cc2ccccn2)nn1. The lowest BCUT2D eigenvalue weighted by Gasteiger charge is -2.20. The number of aryl methyl sites for hydroxylation is 1. The Balaban J connectivity index is 1.73. The first-order valence-electron chi connectivity index (χ1n) is 8.24. The van der Waals surface area contributed by atoms with E-state index in [0.29, 0.717) is 0 Å². The molecule has 6 heteroatoms. The van der Waals surface area contributed by atoms with E-state index in [1.807, 2.05) is 59.7 Å². The fourth-order valence-electron chi connectivity index (χ4n) is 2.59. The summed E-state index contributed by atoms with van der Waals surface area (Å²) in [6, 6.07) is 12.0. The molecule has 3 heterocycles. The normalized spacial score (nSPS) is 11.1. The molecule has 3 aromatic heterocycles. The Morgan fingerprint density at radius 2 is 1.50 bits per heavy atom. The van der Waals surface area contributed by atoms with Crippen LogP contribution < -0.4 is 0 Å². The zero-order valence-corrected chi connectivity index (χ0v) is 13.9. The molecule has 3 rings (SSSR count). The van der Waals surface area contributed by atoms with Crippen molar-refractivity contribution in [3.05, 3.63) is 72.1 Å². The third-order valence-electron chi connectivity index (χ3n) is 3.65. The summed E-state index contributed by atoms with van der Waals surface area (Å²) in [5, 5.41) is 8.47. The van der Waals surface area contributed by atoms with Crippen LogP contribution in [0.15, 0.2) is 55.0 Å². The van der Waals surface area contributed by atoms with Gasteiger partial charge in [-0.1, -0.05) is 24.3 Å². The van der Waals surface area contributed by atoms with Gasteiger partial charge in [0.1, 0.15) is 0 Å². The van der Waals surface area contributed by atoms with Crippen LogP contribution in [0.2, 0.25) is 0 Å². The van der Waals surface area contributed by atoms with Crippen molar-refractivity contribution < 1.29 is 0 Å². The Hall–Kier alpha value is -2.60. The summed E-state index contributed by atoms with van der Waals surface area (Å²) < 4.78 is 1.90. The van der Waals surface area contributed by atoms with E-state index in [9.17, 15) is 0 Å². The highest BCUT2D eigenvalue weighted by Crippen LogP contribution is 2.10. The molecule has 0 N–H and O–H groups in total. The van der Waals surface area contributed by atoms with E-state index in [-0.39, 0.29) is 0 Å². The lowest BCUT2D eigenvalue weighted by molar-refractivity contribution is 0.238. The molecule has 0 aliphatic heterocycles. The van der Waals surface area contributed by atoms with Crippen LogP contribution in [-0.4, -0.2) is 29.9 Å². The number of hydrogen-bond donors (Lipinski definition) is 0. The van der Waals surface area contributed by atoms with E-state index >= 15 is 0 Å². The number of pyridine rings is 2. The maximum Gasteiger partial charge on any atom is 0.0967 e. The maximum absolute atomic E-state index is 4.43. The Morgan fingerprint density at radius 1 is 0.875 bits per heavy atom. The minimum atomic E-state index is 0.719. The van der Waals surface area contributed by atoms with Gasteiger partial charge in [0.05, 0.1) is 17.1 Å². The molecule has 0 radical (unpaired) electrons. The fraction of sp³-hybridized carbons (Fsp3) is 0.333. The van der Waals surface area contributed by atoms with Gasteiger partial charge in [-0.15, -0.1) is 5.10 Å². The summed E-state index contributed by atoms with van der Waals surface area (Å²) in [5.41, 5.74) is 3.04. The van der Waals surface area contributed by atoms with Crippen molar-refractivity contribution in [2.45, 2.75) is 39.5 Å². The molecule has 0 saturated heterocycles. The van der Waals surface area contributed by atoms with Gasteiger partial charge in [0.15, 0.2) is 0 Å². The van der Waals surface area contributed by atoms with E-state index in [1.165, 1.54) is 0 Å². The number of nitrogens with zero attached hydrogens (tertiary/aromatic N) is 6. The van der Waals surface area contributed by atoms with Crippen molar-refractivity contribution >= 4 is 0 Å². The zero-order chi connectivity index (χ0) is 16.6. The molecular weight excluding hydrogens is 300 g/mol. The van der Waals surface area contributed by atoms with Crippen molar-refractivity contribution in [2.24, 2.45) is 0 Å². The molecule has 6 nitrogen and oxygen atoms in total. The molecule has 24 heavy (non-hydrogen) atoms. The molecule has 0 amide bonds. The molecule has 0 fully saturated rings. The van der Waals surface area contributed by atoms with Crippen molar-refractivity contribution in [3.8, 4) is 0 Å². The second-order valence-electron chi connectivity index (χ2n) is 5.76. The predicted molar refractivity (Wildman–Crippen MR) is 91.7 cm³/mol. The minimum Gasteiger partial charge on any atom is -0.286 e. The van der Waals surface area contributed by atoms with Crippen LogP contribution in [0.25, 0.3) is 0 Å². The molecule has 0 spiro atoms. The van der Waals surface area contributed by atoms with Gasteiger partial charge in [-0.3, -0.25) is 19.5 Å². The topological polar surface area (TPSA) is 59.7 Å². The largest absolute Gasteiger partial charge is 0.286 e. The van der Waals surface area contributed by atoms with E-state index in [1.54, 1.807) is 0 Å². The van der Waals surface area contributed by atoms with Crippen LogP contribution in [0.3, 0.4) is 0 Å². The maximum atomic E-state index is 4.43. The van der Waals surface area contributed by atoms with Crippen LogP contribution >= 0.6 is 0 Å². The highest BCUT2D eigenvalue weighted by molar-refractivity contribution is 5.07. The molecule has 0 aliphatic carbocycles. The van der Waals surface area contributed by atoms with Gasteiger partial charge in [0.25, 0.3) is 0 Å². The molecular formula is C18H22N6. The first-order chi connectivity index (χ1) is 11.8. The van der Waals surface area contributed by atoms with Crippen molar-refractivity contribution in [3.63, 3.8) is 0 Å². The van der Waals surface area contributed by atoms with Crippen molar-refractivity contribution in [1.29, 1.82) is 0 Å². The monoisotopic (exact) mass is 322 g/mol. The van der Waals surface area contributed by atoms with Gasteiger partial charge in [0, 0.05) is 44.8 Å². The minimum absolute atomic E-state index is 0.719. The summed E-state index contributed by atoms with van der Waals surface area (Å²) >= 11 is 0. The molecule has 0 atom stereocenters. The molecule has 0 aliphatic rings. The highest BCUT2D eigenvalue weighted by Gasteiger charge is 2.12. The van der Waals surface area contributed by atoms with Crippen LogP contribution in [0, 0.1) is 0 Å². The standard InChI is InChI=1S/C18H22N6/c1-2-11-24-15-18(21-22-24)14-23(12-16-7-3-5-9-19-16)13-17-8-4-6-10-20-17/h3-10,15H,2,11-14H2,1H3.